The molecule has 2 N–H and O–H groups in total. The summed E-state index contributed by atoms with van der Waals surface area (Å²) in [5, 5.41) is 5.95. The van der Waals surface area contributed by atoms with Crippen molar-refractivity contribution < 1.29 is 14.0 Å². The molecule has 0 saturated carbocycles. The number of carbonyl (C=O) groups is 2. The maximum atomic E-state index is 14.8. The quantitative estimate of drug-likeness (QED) is 0.711. The van der Waals surface area contributed by atoms with E-state index < -0.39 is 23.2 Å². The Bertz CT molecular complexity index is 1010. The summed E-state index contributed by atoms with van der Waals surface area (Å²) in [7, 11) is 1.97. The lowest BCUT2D eigenvalue weighted by Gasteiger charge is -2.30. The van der Waals surface area contributed by atoms with Gasteiger partial charge < -0.3 is 20.1 Å². The topological polar surface area (TPSA) is 79.3 Å². The second-order valence-corrected chi connectivity index (χ2v) is 9.70. The lowest BCUT2D eigenvalue weighted by molar-refractivity contribution is -0.125. The van der Waals surface area contributed by atoms with Crippen LogP contribution in [-0.2, 0) is 17.9 Å². The predicted molar refractivity (Wildman–Crippen MR) is 123 cm³/mol. The molecule has 3 rings (SSSR count). The maximum absolute atomic E-state index is 14.8. The number of benzene rings is 1. The zero-order chi connectivity index (χ0) is 23.6. The van der Waals surface area contributed by atoms with Gasteiger partial charge >= 0.3 is 0 Å². The normalized spacial score (nSPS) is 15.6. The number of hydrogen-bond donors (Lipinski definition) is 2. The molecular formula is C23H31ClFN5O2. The van der Waals surface area contributed by atoms with Gasteiger partial charge in [0.05, 0.1) is 11.3 Å². The Hall–Kier alpha value is -2.45. The molecule has 1 unspecified atom stereocenters. The van der Waals surface area contributed by atoms with Gasteiger partial charge in [-0.3, -0.25) is 9.59 Å². The number of nitrogens with zero attached hydrogens (tertiary/aromatic N) is 3. The molecule has 174 valence electrons. The number of imidazole rings is 1. The van der Waals surface area contributed by atoms with Gasteiger partial charge in [0.1, 0.15) is 17.7 Å². The van der Waals surface area contributed by atoms with Gasteiger partial charge in [-0.05, 0) is 50.6 Å². The number of rotatable bonds is 5. The molecule has 2 aromatic rings. The van der Waals surface area contributed by atoms with Gasteiger partial charge in [0.25, 0.3) is 5.91 Å². The van der Waals surface area contributed by atoms with Gasteiger partial charge in [-0.1, -0.05) is 32.4 Å². The SMILES string of the molecule is CCNC(=O)C(NC(=O)c1nc(-c2ccc(Cl)cc2F)n2c1CN(C)CCC2)C(C)(C)C. The molecule has 2 amide bonds. The molecule has 1 aliphatic heterocycles. The van der Waals surface area contributed by atoms with Crippen molar-refractivity contribution in [1.29, 1.82) is 0 Å². The van der Waals surface area contributed by atoms with Gasteiger partial charge in [0.15, 0.2) is 5.69 Å². The van der Waals surface area contributed by atoms with E-state index in [-0.39, 0.29) is 17.2 Å². The molecule has 0 bridgehead atoms. The van der Waals surface area contributed by atoms with Gasteiger partial charge in [0, 0.05) is 24.7 Å². The van der Waals surface area contributed by atoms with Crippen molar-refractivity contribution in [2.45, 2.75) is 53.2 Å². The number of nitrogens with one attached hydrogen (secondary N) is 2. The van der Waals surface area contributed by atoms with Crippen LogP contribution in [0.4, 0.5) is 4.39 Å². The van der Waals surface area contributed by atoms with E-state index in [1.54, 1.807) is 12.1 Å². The fourth-order valence-corrected chi connectivity index (χ4v) is 4.09. The average molecular weight is 464 g/mol. The van der Waals surface area contributed by atoms with E-state index in [0.717, 1.165) is 13.0 Å². The summed E-state index contributed by atoms with van der Waals surface area (Å²) >= 11 is 5.93. The minimum Gasteiger partial charge on any atom is -0.355 e. The van der Waals surface area contributed by atoms with Crippen LogP contribution in [0.3, 0.4) is 0 Å². The fourth-order valence-electron chi connectivity index (χ4n) is 3.93. The van der Waals surface area contributed by atoms with Crippen molar-refractivity contribution >= 4 is 23.4 Å². The van der Waals surface area contributed by atoms with Crippen LogP contribution in [0.15, 0.2) is 18.2 Å². The number of fused-ring (bicyclic) bond motifs is 1. The summed E-state index contributed by atoms with van der Waals surface area (Å²) in [5.74, 6) is -0.805. The summed E-state index contributed by atoms with van der Waals surface area (Å²) < 4.78 is 16.7. The fraction of sp³-hybridized carbons (Fsp3) is 0.522. The van der Waals surface area contributed by atoms with Gasteiger partial charge in [-0.25, -0.2) is 9.37 Å². The van der Waals surface area contributed by atoms with Crippen molar-refractivity contribution in [1.82, 2.24) is 25.1 Å². The molecule has 1 aliphatic rings. The van der Waals surface area contributed by atoms with Crippen molar-refractivity contribution in [3.63, 3.8) is 0 Å². The predicted octanol–water partition coefficient (Wildman–Crippen LogP) is 3.46. The smallest absolute Gasteiger partial charge is 0.272 e. The number of hydrogen-bond acceptors (Lipinski definition) is 4. The maximum Gasteiger partial charge on any atom is 0.272 e. The minimum atomic E-state index is -0.744. The van der Waals surface area contributed by atoms with Crippen LogP contribution in [0.2, 0.25) is 5.02 Å². The molecule has 32 heavy (non-hydrogen) atoms. The van der Waals surface area contributed by atoms with Crippen LogP contribution in [0.1, 0.15) is 50.3 Å². The van der Waals surface area contributed by atoms with Crippen molar-refractivity contribution in [3.8, 4) is 11.4 Å². The summed E-state index contributed by atoms with van der Waals surface area (Å²) in [6, 6.07) is 3.68. The Morgan fingerprint density at radius 2 is 2.00 bits per heavy atom. The number of aromatic nitrogens is 2. The molecule has 0 spiro atoms. The number of halogens is 2. The Kier molecular flexibility index (Phi) is 7.25. The third-order valence-electron chi connectivity index (χ3n) is 5.56. The molecule has 0 fully saturated rings. The Morgan fingerprint density at radius 1 is 1.28 bits per heavy atom. The lowest BCUT2D eigenvalue weighted by atomic mass is 9.86. The highest BCUT2D eigenvalue weighted by Gasteiger charge is 2.35. The second kappa shape index (κ2) is 9.58. The van der Waals surface area contributed by atoms with Crippen LogP contribution < -0.4 is 10.6 Å². The third kappa shape index (κ3) is 5.13. The Labute approximate surface area is 193 Å². The highest BCUT2D eigenvalue weighted by Crippen LogP contribution is 2.30. The largest absolute Gasteiger partial charge is 0.355 e. The Balaban J connectivity index is 2.06. The molecule has 1 atom stereocenters. The zero-order valence-corrected chi connectivity index (χ0v) is 20.0. The molecule has 1 aromatic heterocycles. The van der Waals surface area contributed by atoms with E-state index in [2.05, 4.69) is 20.5 Å². The molecule has 0 aliphatic carbocycles. The number of likely N-dealkylation sites (N-methyl/N-ethyl adjacent to an activating group) is 1. The van der Waals surface area contributed by atoms with Crippen molar-refractivity contribution in [2.75, 3.05) is 20.1 Å². The van der Waals surface area contributed by atoms with E-state index in [1.165, 1.54) is 6.07 Å². The van der Waals surface area contributed by atoms with Crippen LogP contribution in [0.25, 0.3) is 11.4 Å². The minimum absolute atomic E-state index is 0.210. The number of carbonyl (C=O) groups excluding carboxylic acids is 2. The van der Waals surface area contributed by atoms with E-state index in [1.807, 2.05) is 39.3 Å². The van der Waals surface area contributed by atoms with Gasteiger partial charge in [0.2, 0.25) is 5.91 Å². The first-order valence-electron chi connectivity index (χ1n) is 10.8. The average Bonchev–Trinajstić information content (AvgIpc) is 2.91. The highest BCUT2D eigenvalue weighted by molar-refractivity contribution is 6.30. The van der Waals surface area contributed by atoms with Crippen LogP contribution in [0, 0.1) is 11.2 Å². The lowest BCUT2D eigenvalue weighted by Crippen LogP contribution is -2.53. The molecule has 1 aromatic carbocycles. The standard InChI is InChI=1S/C23H31ClFN5O2/c1-6-26-22(32)19(23(2,3)4)28-21(31)18-17-13-29(5)10-7-11-30(17)20(27-18)15-9-8-14(24)12-16(15)25/h8-9,12,19H,6-7,10-11,13H2,1-5H3,(H,26,32)(H,28,31). The molecule has 9 heteroatoms. The van der Waals surface area contributed by atoms with Crippen molar-refractivity contribution in [2.24, 2.45) is 5.41 Å². The molecule has 0 radical (unpaired) electrons. The summed E-state index contributed by atoms with van der Waals surface area (Å²) in [5.41, 5.74) is 0.695. The third-order valence-corrected chi connectivity index (χ3v) is 5.79. The first kappa shape index (κ1) is 24.2. The van der Waals surface area contributed by atoms with Crippen LogP contribution in [0.5, 0.6) is 0 Å². The molecule has 2 heterocycles. The first-order valence-corrected chi connectivity index (χ1v) is 11.2. The first-order chi connectivity index (χ1) is 15.0. The van der Waals surface area contributed by atoms with Crippen molar-refractivity contribution in [3.05, 3.63) is 40.4 Å². The zero-order valence-electron chi connectivity index (χ0n) is 19.3. The van der Waals surface area contributed by atoms with Gasteiger partial charge in [-0.15, -0.1) is 0 Å². The summed E-state index contributed by atoms with van der Waals surface area (Å²) in [6.45, 7) is 9.91. The van der Waals surface area contributed by atoms with E-state index in [0.29, 0.717) is 36.2 Å². The monoisotopic (exact) mass is 463 g/mol. The molecule has 7 nitrogen and oxygen atoms in total. The van der Waals surface area contributed by atoms with E-state index >= 15 is 0 Å². The summed E-state index contributed by atoms with van der Waals surface area (Å²) in [6.07, 6.45) is 0.840. The number of amides is 2. The highest BCUT2D eigenvalue weighted by atomic mass is 35.5. The molecular weight excluding hydrogens is 433 g/mol. The van der Waals surface area contributed by atoms with Gasteiger partial charge in [-0.2, -0.15) is 0 Å². The summed E-state index contributed by atoms with van der Waals surface area (Å²) in [4.78, 5) is 32.7. The van der Waals surface area contributed by atoms with E-state index in [9.17, 15) is 14.0 Å². The molecule has 0 saturated heterocycles. The Morgan fingerprint density at radius 3 is 2.62 bits per heavy atom. The van der Waals surface area contributed by atoms with Crippen LogP contribution >= 0.6 is 11.6 Å². The second-order valence-electron chi connectivity index (χ2n) is 9.26. The van der Waals surface area contributed by atoms with Crippen LogP contribution in [-0.4, -0.2) is 52.4 Å². The van der Waals surface area contributed by atoms with E-state index in [4.69, 9.17) is 11.6 Å².